The van der Waals surface area contributed by atoms with Gasteiger partial charge in [0, 0.05) is 23.5 Å². The lowest BCUT2D eigenvalue weighted by molar-refractivity contribution is 0.0984. The molecule has 2 aromatic rings. The number of carbonyl (C=O) groups excluding carboxylic acids is 1. The van der Waals surface area contributed by atoms with Gasteiger partial charge in [0.2, 0.25) is 0 Å². The molecule has 4 nitrogen and oxygen atoms in total. The Balaban J connectivity index is 1.89. The highest BCUT2D eigenvalue weighted by atomic mass is 16.5. The first-order valence-electron chi connectivity index (χ1n) is 8.13. The lowest BCUT2D eigenvalue weighted by Gasteiger charge is -2.30. The van der Waals surface area contributed by atoms with E-state index in [1.54, 1.807) is 0 Å². The molecule has 0 saturated heterocycles. The summed E-state index contributed by atoms with van der Waals surface area (Å²) in [6.45, 7) is 3.43. The normalized spacial score (nSPS) is 13.5. The van der Waals surface area contributed by atoms with Gasteiger partial charge in [-0.1, -0.05) is 19.1 Å². The van der Waals surface area contributed by atoms with Gasteiger partial charge in [0.1, 0.15) is 5.75 Å². The molecule has 23 heavy (non-hydrogen) atoms. The predicted molar refractivity (Wildman–Crippen MR) is 93.1 cm³/mol. The van der Waals surface area contributed by atoms with Crippen LogP contribution < -0.4 is 15.4 Å². The van der Waals surface area contributed by atoms with Gasteiger partial charge in [0.05, 0.1) is 6.61 Å². The topological polar surface area (TPSA) is 55.6 Å². The van der Waals surface area contributed by atoms with E-state index < -0.39 is 0 Å². The maximum absolute atomic E-state index is 12.9. The van der Waals surface area contributed by atoms with E-state index in [0.29, 0.717) is 12.2 Å². The van der Waals surface area contributed by atoms with Gasteiger partial charge < -0.3 is 15.4 Å². The summed E-state index contributed by atoms with van der Waals surface area (Å²) in [7, 11) is 0. The molecule has 1 amide bonds. The molecule has 1 aliphatic rings. The Kier molecular flexibility index (Phi) is 4.51. The highest BCUT2D eigenvalue weighted by molar-refractivity contribution is 6.07. The maximum atomic E-state index is 12.9. The van der Waals surface area contributed by atoms with Crippen LogP contribution in [0.1, 0.15) is 35.7 Å². The van der Waals surface area contributed by atoms with Gasteiger partial charge in [-0.05, 0) is 55.2 Å². The summed E-state index contributed by atoms with van der Waals surface area (Å²) in [5.41, 5.74) is 9.48. The third-order valence-corrected chi connectivity index (χ3v) is 4.09. The van der Waals surface area contributed by atoms with E-state index in [1.807, 2.05) is 47.4 Å². The van der Waals surface area contributed by atoms with Crippen molar-refractivity contribution in [3.8, 4) is 5.75 Å². The first kappa shape index (κ1) is 15.4. The molecule has 120 valence electrons. The van der Waals surface area contributed by atoms with E-state index in [1.165, 1.54) is 0 Å². The van der Waals surface area contributed by atoms with Crippen molar-refractivity contribution in [2.24, 2.45) is 0 Å². The number of hydrogen-bond acceptors (Lipinski definition) is 3. The van der Waals surface area contributed by atoms with Gasteiger partial charge in [-0.25, -0.2) is 0 Å². The molecule has 4 heteroatoms. The third kappa shape index (κ3) is 3.16. The number of ether oxygens (including phenoxy) is 1. The van der Waals surface area contributed by atoms with Crippen LogP contribution in [0.15, 0.2) is 42.5 Å². The number of anilines is 2. The summed E-state index contributed by atoms with van der Waals surface area (Å²) in [5, 5.41) is 0. The van der Waals surface area contributed by atoms with Gasteiger partial charge >= 0.3 is 0 Å². The lowest BCUT2D eigenvalue weighted by atomic mass is 9.99. The van der Waals surface area contributed by atoms with Crippen molar-refractivity contribution in [2.45, 2.75) is 26.2 Å². The van der Waals surface area contributed by atoms with Crippen molar-refractivity contribution in [1.82, 2.24) is 0 Å². The predicted octanol–water partition coefficient (Wildman–Crippen LogP) is 3.65. The van der Waals surface area contributed by atoms with Crippen LogP contribution in [0, 0.1) is 0 Å². The Morgan fingerprint density at radius 1 is 1.26 bits per heavy atom. The van der Waals surface area contributed by atoms with Crippen LogP contribution in [0.3, 0.4) is 0 Å². The van der Waals surface area contributed by atoms with Crippen molar-refractivity contribution in [3.63, 3.8) is 0 Å². The molecule has 0 aromatic heterocycles. The average Bonchev–Trinajstić information content (AvgIpc) is 2.59. The number of fused-ring (bicyclic) bond motifs is 1. The highest BCUT2D eigenvalue weighted by Crippen LogP contribution is 2.32. The first-order valence-corrected chi connectivity index (χ1v) is 8.13. The number of hydrogen-bond donors (Lipinski definition) is 1. The van der Waals surface area contributed by atoms with Gasteiger partial charge in [0.25, 0.3) is 5.91 Å². The zero-order valence-corrected chi connectivity index (χ0v) is 13.4. The van der Waals surface area contributed by atoms with Crippen molar-refractivity contribution in [1.29, 1.82) is 0 Å². The number of benzene rings is 2. The fourth-order valence-electron chi connectivity index (χ4n) is 2.96. The molecule has 1 aliphatic heterocycles. The second-order valence-corrected chi connectivity index (χ2v) is 5.78. The molecule has 0 aliphatic carbocycles. The SMILES string of the molecule is CCCOc1cccc(C(=O)N2CCCc3c(N)cccc32)c1. The molecule has 1 heterocycles. The summed E-state index contributed by atoms with van der Waals surface area (Å²) in [6, 6.07) is 13.2. The highest BCUT2D eigenvalue weighted by Gasteiger charge is 2.24. The summed E-state index contributed by atoms with van der Waals surface area (Å²) < 4.78 is 5.63. The molecule has 0 bridgehead atoms. The standard InChI is InChI=1S/C19H22N2O2/c1-2-12-23-15-7-3-6-14(13-15)19(22)21-11-5-8-16-17(20)9-4-10-18(16)21/h3-4,6-7,9-10,13H,2,5,8,11-12,20H2,1H3. The van der Waals surface area contributed by atoms with Gasteiger partial charge in [-0.3, -0.25) is 4.79 Å². The quantitative estimate of drug-likeness (QED) is 0.877. The number of amides is 1. The van der Waals surface area contributed by atoms with Crippen LogP contribution in [-0.4, -0.2) is 19.1 Å². The second kappa shape index (κ2) is 6.73. The summed E-state index contributed by atoms with van der Waals surface area (Å²) >= 11 is 0. The minimum Gasteiger partial charge on any atom is -0.494 e. The molecule has 2 N–H and O–H groups in total. The van der Waals surface area contributed by atoms with E-state index in [-0.39, 0.29) is 5.91 Å². The van der Waals surface area contributed by atoms with Crippen molar-refractivity contribution in [2.75, 3.05) is 23.8 Å². The van der Waals surface area contributed by atoms with Gasteiger partial charge in [0.15, 0.2) is 0 Å². The molecular weight excluding hydrogens is 288 g/mol. The van der Waals surface area contributed by atoms with Gasteiger partial charge in [-0.15, -0.1) is 0 Å². The molecule has 0 radical (unpaired) electrons. The van der Waals surface area contributed by atoms with Crippen LogP contribution in [0.25, 0.3) is 0 Å². The van der Waals surface area contributed by atoms with Crippen LogP contribution in [0.2, 0.25) is 0 Å². The fraction of sp³-hybridized carbons (Fsp3) is 0.316. The number of rotatable bonds is 4. The molecule has 0 saturated carbocycles. The monoisotopic (exact) mass is 310 g/mol. The number of nitrogens with zero attached hydrogens (tertiary/aromatic N) is 1. The molecule has 3 rings (SSSR count). The van der Waals surface area contributed by atoms with E-state index in [4.69, 9.17) is 10.5 Å². The Hall–Kier alpha value is -2.49. The minimum atomic E-state index is -0.00139. The fourth-order valence-corrected chi connectivity index (χ4v) is 2.96. The van der Waals surface area contributed by atoms with Crippen LogP contribution in [-0.2, 0) is 6.42 Å². The average molecular weight is 310 g/mol. The number of nitrogens with two attached hydrogens (primary N) is 1. The van der Waals surface area contributed by atoms with Crippen molar-refractivity contribution < 1.29 is 9.53 Å². The smallest absolute Gasteiger partial charge is 0.258 e. The third-order valence-electron chi connectivity index (χ3n) is 4.09. The molecule has 2 aromatic carbocycles. The second-order valence-electron chi connectivity index (χ2n) is 5.78. The molecule has 0 fully saturated rings. The maximum Gasteiger partial charge on any atom is 0.258 e. The van der Waals surface area contributed by atoms with E-state index in [2.05, 4.69) is 6.92 Å². The molecule has 0 unspecified atom stereocenters. The van der Waals surface area contributed by atoms with Crippen LogP contribution in [0.5, 0.6) is 5.75 Å². The van der Waals surface area contributed by atoms with E-state index in [0.717, 1.165) is 48.5 Å². The lowest BCUT2D eigenvalue weighted by Crippen LogP contribution is -2.35. The Morgan fingerprint density at radius 2 is 2.09 bits per heavy atom. The zero-order valence-electron chi connectivity index (χ0n) is 13.4. The van der Waals surface area contributed by atoms with Crippen molar-refractivity contribution >= 4 is 17.3 Å². The number of nitrogen functional groups attached to an aromatic ring is 1. The van der Waals surface area contributed by atoms with Crippen LogP contribution in [0.4, 0.5) is 11.4 Å². The molecular formula is C19H22N2O2. The van der Waals surface area contributed by atoms with E-state index >= 15 is 0 Å². The molecule has 0 atom stereocenters. The summed E-state index contributed by atoms with van der Waals surface area (Å²) in [6.07, 6.45) is 2.79. The largest absolute Gasteiger partial charge is 0.494 e. The van der Waals surface area contributed by atoms with Crippen molar-refractivity contribution in [3.05, 3.63) is 53.6 Å². The Bertz CT molecular complexity index is 712. The Labute approximate surface area is 136 Å². The van der Waals surface area contributed by atoms with Gasteiger partial charge in [-0.2, -0.15) is 0 Å². The van der Waals surface area contributed by atoms with Crippen LogP contribution >= 0.6 is 0 Å². The van der Waals surface area contributed by atoms with E-state index in [9.17, 15) is 4.79 Å². The Morgan fingerprint density at radius 3 is 2.91 bits per heavy atom. The minimum absolute atomic E-state index is 0.00139. The summed E-state index contributed by atoms with van der Waals surface area (Å²) in [4.78, 5) is 14.8. The summed E-state index contributed by atoms with van der Waals surface area (Å²) in [5.74, 6) is 0.737. The number of carbonyl (C=O) groups is 1. The zero-order chi connectivity index (χ0) is 16.2. The molecule has 0 spiro atoms. The first-order chi connectivity index (χ1) is 11.2.